The molecule has 1 heterocycles. The van der Waals surface area contributed by atoms with E-state index in [2.05, 4.69) is 25.9 Å². The molecule has 8 nitrogen and oxygen atoms in total. The molecule has 1 unspecified atom stereocenters. The standard InChI is InChI=1S/C21H31N5O3.HI/c1-14-15(2)28-18(25-14)13-24-19(22-6)23-12-17(16-10-8-7-9-11-16)26-20(27)29-21(3,4)5;/h7-11,17H,12-13H2,1-6H3,(H,26,27)(H2,22,23,24);1H. The number of aromatic nitrogens is 1. The highest BCUT2D eigenvalue weighted by atomic mass is 127. The summed E-state index contributed by atoms with van der Waals surface area (Å²) in [7, 11) is 1.68. The number of alkyl carbamates (subject to hydrolysis) is 1. The van der Waals surface area contributed by atoms with Gasteiger partial charge in [-0.1, -0.05) is 30.3 Å². The number of oxazole rings is 1. The number of nitrogens with one attached hydrogen (secondary N) is 3. The second-order valence-corrected chi connectivity index (χ2v) is 7.67. The lowest BCUT2D eigenvalue weighted by Crippen LogP contribution is -2.44. The minimum atomic E-state index is -0.567. The van der Waals surface area contributed by atoms with Crippen molar-refractivity contribution in [2.75, 3.05) is 13.6 Å². The van der Waals surface area contributed by atoms with Crippen molar-refractivity contribution in [1.82, 2.24) is 20.9 Å². The van der Waals surface area contributed by atoms with E-state index in [0.717, 1.165) is 17.0 Å². The van der Waals surface area contributed by atoms with Crippen molar-refractivity contribution in [3.05, 3.63) is 53.2 Å². The smallest absolute Gasteiger partial charge is 0.408 e. The number of rotatable bonds is 6. The fraction of sp³-hybridized carbons (Fsp3) is 0.476. The van der Waals surface area contributed by atoms with Gasteiger partial charge in [0.15, 0.2) is 5.96 Å². The van der Waals surface area contributed by atoms with Gasteiger partial charge in [0, 0.05) is 13.6 Å². The lowest BCUT2D eigenvalue weighted by atomic mass is 10.1. The van der Waals surface area contributed by atoms with Gasteiger partial charge in [-0.05, 0) is 40.2 Å². The van der Waals surface area contributed by atoms with Gasteiger partial charge >= 0.3 is 6.09 Å². The molecule has 9 heteroatoms. The van der Waals surface area contributed by atoms with E-state index >= 15 is 0 Å². The van der Waals surface area contributed by atoms with Gasteiger partial charge < -0.3 is 25.1 Å². The summed E-state index contributed by atoms with van der Waals surface area (Å²) in [6, 6.07) is 9.41. The maximum absolute atomic E-state index is 12.3. The van der Waals surface area contributed by atoms with Crippen LogP contribution in [0.5, 0.6) is 0 Å². The van der Waals surface area contributed by atoms with Gasteiger partial charge in [-0.2, -0.15) is 0 Å². The van der Waals surface area contributed by atoms with Crippen molar-refractivity contribution in [2.45, 2.75) is 52.8 Å². The first-order valence-electron chi connectivity index (χ1n) is 9.60. The molecule has 1 aromatic carbocycles. The molecule has 3 N–H and O–H groups in total. The zero-order chi connectivity index (χ0) is 21.4. The highest BCUT2D eigenvalue weighted by Crippen LogP contribution is 2.14. The van der Waals surface area contributed by atoms with Crippen LogP contribution in [0.25, 0.3) is 0 Å². The number of aryl methyl sites for hydroxylation is 2. The molecule has 0 saturated carbocycles. The number of nitrogens with zero attached hydrogens (tertiary/aromatic N) is 2. The first-order chi connectivity index (χ1) is 13.7. The van der Waals surface area contributed by atoms with E-state index in [1.165, 1.54) is 0 Å². The number of hydrogen-bond donors (Lipinski definition) is 3. The number of benzene rings is 1. The van der Waals surface area contributed by atoms with E-state index in [1.54, 1.807) is 7.05 Å². The third-order valence-corrected chi connectivity index (χ3v) is 4.07. The number of guanidine groups is 1. The van der Waals surface area contributed by atoms with Gasteiger partial charge in [0.25, 0.3) is 0 Å². The summed E-state index contributed by atoms with van der Waals surface area (Å²) in [5, 5.41) is 9.31. The van der Waals surface area contributed by atoms with E-state index in [-0.39, 0.29) is 30.0 Å². The number of amides is 1. The molecule has 30 heavy (non-hydrogen) atoms. The largest absolute Gasteiger partial charge is 0.444 e. The number of carbonyl (C=O) groups is 1. The quantitative estimate of drug-likeness (QED) is 0.299. The van der Waals surface area contributed by atoms with Crippen LogP contribution in [0, 0.1) is 13.8 Å². The Morgan fingerprint density at radius 1 is 1.20 bits per heavy atom. The average molecular weight is 529 g/mol. The lowest BCUT2D eigenvalue weighted by Gasteiger charge is -2.24. The Morgan fingerprint density at radius 3 is 2.40 bits per heavy atom. The van der Waals surface area contributed by atoms with Crippen LogP contribution >= 0.6 is 24.0 Å². The zero-order valence-corrected chi connectivity index (χ0v) is 20.7. The van der Waals surface area contributed by atoms with E-state index in [0.29, 0.717) is 24.9 Å². The zero-order valence-electron chi connectivity index (χ0n) is 18.4. The Bertz CT molecular complexity index is 811. The third-order valence-electron chi connectivity index (χ3n) is 4.07. The summed E-state index contributed by atoms with van der Waals surface area (Å²) < 4.78 is 11.0. The molecule has 0 fully saturated rings. The molecule has 0 aliphatic heterocycles. The number of halogens is 1. The normalized spacial score (nSPS) is 12.5. The number of aliphatic imine (C=N–C) groups is 1. The Kier molecular flexibility index (Phi) is 10.1. The van der Waals surface area contributed by atoms with Crippen LogP contribution in [0.1, 0.15) is 49.7 Å². The van der Waals surface area contributed by atoms with E-state index in [4.69, 9.17) is 9.15 Å². The molecule has 0 bridgehead atoms. The molecule has 166 valence electrons. The Hall–Kier alpha value is -2.30. The summed E-state index contributed by atoms with van der Waals surface area (Å²) in [4.78, 5) is 20.8. The van der Waals surface area contributed by atoms with Crippen LogP contribution in [-0.2, 0) is 11.3 Å². The Labute approximate surface area is 195 Å². The van der Waals surface area contributed by atoms with Gasteiger partial charge in [0.05, 0.1) is 18.3 Å². The van der Waals surface area contributed by atoms with Gasteiger partial charge in [0.2, 0.25) is 5.89 Å². The number of ether oxygens (including phenoxy) is 1. The van der Waals surface area contributed by atoms with Gasteiger partial charge in [-0.25, -0.2) is 9.78 Å². The molecule has 1 aromatic heterocycles. The summed E-state index contributed by atoms with van der Waals surface area (Å²) in [5.41, 5.74) is 1.26. The summed E-state index contributed by atoms with van der Waals surface area (Å²) in [6.07, 6.45) is -0.471. The fourth-order valence-electron chi connectivity index (χ4n) is 2.58. The van der Waals surface area contributed by atoms with Crippen LogP contribution in [0.4, 0.5) is 4.79 Å². The monoisotopic (exact) mass is 529 g/mol. The summed E-state index contributed by atoms with van der Waals surface area (Å²) in [5.74, 6) is 1.97. The van der Waals surface area contributed by atoms with E-state index < -0.39 is 11.7 Å². The fourth-order valence-corrected chi connectivity index (χ4v) is 2.58. The lowest BCUT2D eigenvalue weighted by molar-refractivity contribution is 0.0504. The van der Waals surface area contributed by atoms with Crippen LogP contribution in [0.3, 0.4) is 0 Å². The van der Waals surface area contributed by atoms with Crippen LogP contribution in [0.2, 0.25) is 0 Å². The Balaban J connectivity index is 0.00000450. The number of carbonyl (C=O) groups excluding carboxylic acids is 1. The first-order valence-corrected chi connectivity index (χ1v) is 9.60. The molecule has 0 aliphatic rings. The summed E-state index contributed by atoms with van der Waals surface area (Å²) in [6.45, 7) is 10.1. The molecule has 0 saturated heterocycles. The number of hydrogen-bond acceptors (Lipinski definition) is 5. The second-order valence-electron chi connectivity index (χ2n) is 7.67. The van der Waals surface area contributed by atoms with Crippen LogP contribution in [-0.4, -0.2) is 36.2 Å². The van der Waals surface area contributed by atoms with Gasteiger partial charge in [0.1, 0.15) is 11.4 Å². The SMILES string of the molecule is CN=C(NCc1nc(C)c(C)o1)NCC(NC(=O)OC(C)(C)C)c1ccccc1.I. The predicted octanol–water partition coefficient (Wildman–Crippen LogP) is 3.84. The molecule has 2 aromatic rings. The molecule has 0 aliphatic carbocycles. The molecule has 2 rings (SSSR count). The topological polar surface area (TPSA) is 101 Å². The van der Waals surface area contributed by atoms with Gasteiger partial charge in [-0.15, -0.1) is 24.0 Å². The molecular formula is C21H32IN5O3. The highest BCUT2D eigenvalue weighted by Gasteiger charge is 2.21. The van der Waals surface area contributed by atoms with Crippen molar-refractivity contribution in [1.29, 1.82) is 0 Å². The van der Waals surface area contributed by atoms with Crippen LogP contribution in [0.15, 0.2) is 39.7 Å². The van der Waals surface area contributed by atoms with Crippen molar-refractivity contribution >= 4 is 36.0 Å². The third kappa shape index (κ3) is 8.60. The van der Waals surface area contributed by atoms with Crippen molar-refractivity contribution < 1.29 is 13.9 Å². The predicted molar refractivity (Wildman–Crippen MR) is 128 cm³/mol. The summed E-state index contributed by atoms with van der Waals surface area (Å²) >= 11 is 0. The minimum Gasteiger partial charge on any atom is -0.444 e. The second kappa shape index (κ2) is 11.8. The van der Waals surface area contributed by atoms with Crippen molar-refractivity contribution in [3.8, 4) is 0 Å². The maximum Gasteiger partial charge on any atom is 0.408 e. The minimum absolute atomic E-state index is 0. The van der Waals surface area contributed by atoms with Crippen molar-refractivity contribution in [3.63, 3.8) is 0 Å². The molecular weight excluding hydrogens is 497 g/mol. The Morgan fingerprint density at radius 2 is 1.87 bits per heavy atom. The van der Waals surface area contributed by atoms with E-state index in [1.807, 2.05) is 65.0 Å². The van der Waals surface area contributed by atoms with Gasteiger partial charge in [-0.3, -0.25) is 4.99 Å². The van der Waals surface area contributed by atoms with Crippen LogP contribution < -0.4 is 16.0 Å². The molecule has 1 atom stereocenters. The molecule has 1 amide bonds. The first kappa shape index (κ1) is 25.7. The average Bonchev–Trinajstić information content (AvgIpc) is 2.97. The highest BCUT2D eigenvalue weighted by molar-refractivity contribution is 14.0. The maximum atomic E-state index is 12.3. The van der Waals surface area contributed by atoms with E-state index in [9.17, 15) is 4.79 Å². The van der Waals surface area contributed by atoms with Crippen molar-refractivity contribution in [2.24, 2.45) is 4.99 Å². The molecule has 0 spiro atoms. The molecule has 0 radical (unpaired) electrons.